The van der Waals surface area contributed by atoms with E-state index in [0.29, 0.717) is 25.2 Å². The normalized spacial score (nSPS) is 18.4. The van der Waals surface area contributed by atoms with Crippen molar-refractivity contribution in [2.75, 3.05) is 37.6 Å². The van der Waals surface area contributed by atoms with Crippen molar-refractivity contribution in [3.05, 3.63) is 22.2 Å². The molecule has 2 aliphatic rings. The summed E-state index contributed by atoms with van der Waals surface area (Å²) in [5, 5.41) is 0. The molecule has 1 aromatic rings. The fraction of sp³-hybridized carbons (Fsp3) is 0.632. The highest BCUT2D eigenvalue weighted by Gasteiger charge is 2.31. The van der Waals surface area contributed by atoms with Crippen molar-refractivity contribution >= 4 is 37.5 Å². The van der Waals surface area contributed by atoms with Crippen molar-refractivity contribution in [3.8, 4) is 0 Å². The highest BCUT2D eigenvalue weighted by atomic mass is 79.9. The summed E-state index contributed by atoms with van der Waals surface area (Å²) in [7, 11) is -3.67. The van der Waals surface area contributed by atoms with Crippen molar-refractivity contribution in [1.29, 1.82) is 0 Å². The summed E-state index contributed by atoms with van der Waals surface area (Å²) in [6, 6.07) is 3.50. The minimum absolute atomic E-state index is 0.128. The van der Waals surface area contributed by atoms with Crippen molar-refractivity contribution in [2.45, 2.75) is 50.3 Å². The number of carbonyl (C=O) groups is 1. The third-order valence-corrected chi connectivity index (χ3v) is 7.41. The second-order valence-corrected chi connectivity index (χ2v) is 10.1. The van der Waals surface area contributed by atoms with Crippen LogP contribution in [0.25, 0.3) is 0 Å². The van der Waals surface area contributed by atoms with Crippen LogP contribution in [0.15, 0.2) is 21.5 Å². The molecule has 0 spiro atoms. The number of quaternary nitrogens is 1. The molecule has 150 valence electrons. The Morgan fingerprint density at radius 2 is 1.93 bits per heavy atom. The van der Waals surface area contributed by atoms with Crippen LogP contribution in [-0.2, 0) is 21.2 Å². The van der Waals surface area contributed by atoms with Crippen LogP contribution in [0.4, 0.5) is 5.69 Å². The molecule has 3 rings (SSSR count). The van der Waals surface area contributed by atoms with Crippen molar-refractivity contribution in [3.63, 3.8) is 0 Å². The van der Waals surface area contributed by atoms with Crippen LogP contribution in [0.2, 0.25) is 0 Å². The van der Waals surface area contributed by atoms with Gasteiger partial charge < -0.3 is 9.80 Å². The maximum atomic E-state index is 12.9. The van der Waals surface area contributed by atoms with Crippen LogP contribution >= 0.6 is 15.9 Å². The van der Waals surface area contributed by atoms with E-state index in [2.05, 4.69) is 20.7 Å². The number of hydrogen-bond acceptors (Lipinski definition) is 3. The summed E-state index contributed by atoms with van der Waals surface area (Å²) >= 11 is 3.41. The fourth-order valence-electron chi connectivity index (χ4n) is 4.09. The van der Waals surface area contributed by atoms with E-state index in [1.165, 1.54) is 45.7 Å². The number of benzene rings is 1. The molecule has 6 nitrogen and oxygen atoms in total. The van der Waals surface area contributed by atoms with Gasteiger partial charge in [0, 0.05) is 30.9 Å². The average molecular weight is 459 g/mol. The zero-order chi connectivity index (χ0) is 19.4. The van der Waals surface area contributed by atoms with Gasteiger partial charge >= 0.3 is 0 Å². The van der Waals surface area contributed by atoms with Gasteiger partial charge in [0.25, 0.3) is 0 Å². The third-order valence-electron chi connectivity index (χ3n) is 5.47. The van der Waals surface area contributed by atoms with Crippen LogP contribution in [0.5, 0.6) is 0 Å². The van der Waals surface area contributed by atoms with E-state index in [-0.39, 0.29) is 10.8 Å². The summed E-state index contributed by atoms with van der Waals surface area (Å²) in [6.45, 7) is 5.82. The summed E-state index contributed by atoms with van der Waals surface area (Å²) in [4.78, 5) is 15.3. The Bertz CT molecular complexity index is 790. The predicted octanol–water partition coefficient (Wildman–Crippen LogP) is 1.49. The number of likely N-dealkylation sites (tertiary alicyclic amines) is 1. The Morgan fingerprint density at radius 1 is 1.22 bits per heavy atom. The first-order valence-electron chi connectivity index (χ1n) is 9.82. The van der Waals surface area contributed by atoms with E-state index in [1.807, 2.05) is 6.07 Å². The lowest BCUT2D eigenvalue weighted by molar-refractivity contribution is -0.899. The average Bonchev–Trinajstić information content (AvgIpc) is 2.86. The number of sulfonamides is 1. The molecule has 0 atom stereocenters. The lowest BCUT2D eigenvalue weighted by atomic mass is 10.2. The number of halogens is 1. The van der Waals surface area contributed by atoms with Crippen molar-refractivity contribution in [2.24, 2.45) is 0 Å². The van der Waals surface area contributed by atoms with E-state index in [1.54, 1.807) is 15.9 Å². The summed E-state index contributed by atoms with van der Waals surface area (Å²) in [5.74, 6) is -0.128. The van der Waals surface area contributed by atoms with Crippen molar-refractivity contribution in [1.82, 2.24) is 4.72 Å². The van der Waals surface area contributed by atoms with Gasteiger partial charge in [-0.15, -0.1) is 0 Å². The Kier molecular flexibility index (Phi) is 6.94. The molecule has 1 amide bonds. The number of amides is 1. The first-order valence-corrected chi connectivity index (χ1v) is 12.1. The minimum atomic E-state index is -3.67. The molecule has 2 N–H and O–H groups in total. The minimum Gasteiger partial charge on any atom is -0.335 e. The summed E-state index contributed by atoms with van der Waals surface area (Å²) < 4.78 is 29.4. The number of fused-ring (bicyclic) bond motifs is 1. The topological polar surface area (TPSA) is 70.9 Å². The Hall–Kier alpha value is -0.960. The molecule has 1 aromatic carbocycles. The number of hydrogen-bond donors (Lipinski definition) is 2. The molecule has 1 fully saturated rings. The molecule has 0 unspecified atom stereocenters. The molecular formula is C19H29BrN3O3S+. The molecule has 0 aliphatic carbocycles. The first-order chi connectivity index (χ1) is 12.9. The number of nitrogens with zero attached hydrogens (tertiary/aromatic N) is 1. The number of carbonyl (C=O) groups excluding carboxylic acids is 1. The van der Waals surface area contributed by atoms with Crippen LogP contribution < -0.4 is 14.5 Å². The van der Waals surface area contributed by atoms with Crippen LogP contribution in [-0.4, -0.2) is 47.0 Å². The second kappa shape index (κ2) is 9.03. The molecule has 0 saturated carbocycles. The van der Waals surface area contributed by atoms with Crippen molar-refractivity contribution < 1.29 is 18.1 Å². The molecule has 0 radical (unpaired) electrons. The van der Waals surface area contributed by atoms with E-state index >= 15 is 0 Å². The van der Waals surface area contributed by atoms with Crippen LogP contribution in [0, 0.1) is 0 Å². The predicted molar refractivity (Wildman–Crippen MR) is 110 cm³/mol. The molecule has 2 heterocycles. The Balaban J connectivity index is 1.67. The fourth-order valence-corrected chi connectivity index (χ4v) is 6.09. The van der Waals surface area contributed by atoms with Gasteiger partial charge in [-0.1, -0.05) is 15.9 Å². The van der Waals surface area contributed by atoms with Gasteiger partial charge in [0.2, 0.25) is 15.9 Å². The van der Waals surface area contributed by atoms with Gasteiger partial charge in [-0.2, -0.15) is 0 Å². The lowest BCUT2D eigenvalue weighted by Crippen LogP contribution is -3.11. The van der Waals surface area contributed by atoms with Gasteiger partial charge in [-0.05, 0) is 49.8 Å². The SMILES string of the molecule is CC(=O)N1CCc2cc(Br)cc(S(=O)(=O)NCCC[NH+]3CCCCCC3)c21. The second-order valence-electron chi connectivity index (χ2n) is 7.50. The molecule has 0 aromatic heterocycles. The number of nitrogens with one attached hydrogen (secondary N) is 2. The monoisotopic (exact) mass is 458 g/mol. The number of rotatable bonds is 6. The van der Waals surface area contributed by atoms with E-state index in [9.17, 15) is 13.2 Å². The standard InChI is InChI=1S/C19H28BrN3O3S/c1-15(24)23-12-7-16-13-17(20)14-18(19(16)23)27(25,26)21-8-6-11-22-9-4-2-3-5-10-22/h13-14,21H,2-12H2,1H3/p+1. The quantitative estimate of drug-likeness (QED) is 0.634. The van der Waals surface area contributed by atoms with Crippen LogP contribution in [0.3, 0.4) is 0 Å². The zero-order valence-corrected chi connectivity index (χ0v) is 18.3. The van der Waals surface area contributed by atoms with E-state index in [0.717, 1.165) is 23.0 Å². The van der Waals surface area contributed by atoms with Gasteiger partial charge in [0.15, 0.2) is 0 Å². The molecule has 2 aliphatic heterocycles. The lowest BCUT2D eigenvalue weighted by Gasteiger charge is -2.20. The Morgan fingerprint density at radius 3 is 2.59 bits per heavy atom. The summed E-state index contributed by atoms with van der Waals surface area (Å²) in [6.07, 6.45) is 6.67. The maximum Gasteiger partial charge on any atom is 0.242 e. The molecule has 8 heteroatoms. The van der Waals surface area contributed by atoms with Gasteiger partial charge in [0.05, 0.1) is 25.3 Å². The highest BCUT2D eigenvalue weighted by molar-refractivity contribution is 9.10. The van der Waals surface area contributed by atoms with E-state index < -0.39 is 10.0 Å². The van der Waals surface area contributed by atoms with Gasteiger partial charge in [-0.25, -0.2) is 13.1 Å². The third kappa shape index (κ3) is 5.10. The molecular weight excluding hydrogens is 430 g/mol. The van der Waals surface area contributed by atoms with E-state index in [4.69, 9.17) is 0 Å². The molecule has 27 heavy (non-hydrogen) atoms. The summed E-state index contributed by atoms with van der Waals surface area (Å²) in [5.41, 5.74) is 1.44. The first kappa shape index (κ1) is 20.8. The largest absolute Gasteiger partial charge is 0.335 e. The van der Waals surface area contributed by atoms with Crippen LogP contribution in [0.1, 0.15) is 44.6 Å². The molecule has 0 bridgehead atoms. The highest BCUT2D eigenvalue weighted by Crippen LogP contribution is 2.37. The zero-order valence-electron chi connectivity index (χ0n) is 15.9. The Labute approximate surface area is 170 Å². The molecule has 1 saturated heterocycles. The smallest absolute Gasteiger partial charge is 0.242 e. The number of anilines is 1. The maximum absolute atomic E-state index is 12.9. The van der Waals surface area contributed by atoms with Gasteiger partial charge in [0.1, 0.15) is 4.90 Å². The van der Waals surface area contributed by atoms with Gasteiger partial charge in [-0.3, -0.25) is 4.79 Å².